The molecule has 1 saturated heterocycles. The van der Waals surface area contributed by atoms with E-state index in [0.717, 1.165) is 16.6 Å². The zero-order valence-corrected chi connectivity index (χ0v) is 14.8. The number of anilines is 1. The van der Waals surface area contributed by atoms with Crippen LogP contribution in [0.3, 0.4) is 0 Å². The van der Waals surface area contributed by atoms with Gasteiger partial charge in [0, 0.05) is 17.0 Å². The van der Waals surface area contributed by atoms with Crippen molar-refractivity contribution >= 4 is 22.6 Å². The zero-order chi connectivity index (χ0) is 19.8. The molecule has 4 N–H and O–H groups in total. The Morgan fingerprint density at radius 1 is 1.18 bits per heavy atom. The lowest BCUT2D eigenvalue weighted by atomic mass is 9.96. The van der Waals surface area contributed by atoms with Crippen molar-refractivity contribution in [2.24, 2.45) is 5.92 Å². The van der Waals surface area contributed by atoms with Crippen LogP contribution in [0.15, 0.2) is 42.6 Å². The molecular weight excluding hydrogens is 371 g/mol. The third kappa shape index (κ3) is 3.46. The highest BCUT2D eigenvalue weighted by molar-refractivity contribution is 5.97. The van der Waals surface area contributed by atoms with Crippen LogP contribution < -0.4 is 16.2 Å². The maximum Gasteiger partial charge on any atom is 0.255 e. The number of nitrogens with zero attached hydrogens (tertiary/aromatic N) is 1. The predicted octanol–water partition coefficient (Wildman–Crippen LogP) is 3.05. The molecule has 0 saturated carbocycles. The molecule has 3 aromatic rings. The van der Waals surface area contributed by atoms with E-state index in [-0.39, 0.29) is 5.82 Å². The fourth-order valence-electron chi connectivity index (χ4n) is 3.34. The monoisotopic (exact) mass is 389 g/mol. The predicted molar refractivity (Wildman–Crippen MR) is 99.1 cm³/mol. The topological polar surface area (TPSA) is 81.8 Å². The second kappa shape index (κ2) is 7.25. The van der Waals surface area contributed by atoms with Gasteiger partial charge in [0.1, 0.15) is 17.5 Å². The summed E-state index contributed by atoms with van der Waals surface area (Å²) in [7, 11) is 0. The van der Waals surface area contributed by atoms with Crippen molar-refractivity contribution in [2.45, 2.75) is 25.4 Å². The van der Waals surface area contributed by atoms with Gasteiger partial charge < -0.3 is 10.3 Å². The number of hydrazine groups is 1. The second-order valence-electron chi connectivity index (χ2n) is 6.83. The molecule has 9 heteroatoms. The van der Waals surface area contributed by atoms with Crippen LogP contribution in [0.4, 0.5) is 18.9 Å². The Labute approximate surface area is 158 Å². The van der Waals surface area contributed by atoms with Crippen LogP contribution in [0.5, 0.6) is 0 Å². The lowest BCUT2D eigenvalue weighted by molar-refractivity contribution is -0.118. The summed E-state index contributed by atoms with van der Waals surface area (Å²) in [5.41, 5.74) is 7.73. The summed E-state index contributed by atoms with van der Waals surface area (Å²) in [6, 6.07) is 7.77. The van der Waals surface area contributed by atoms with Crippen LogP contribution in [0.25, 0.3) is 22.3 Å². The molecule has 0 aliphatic carbocycles. The van der Waals surface area contributed by atoms with Gasteiger partial charge in [-0.05, 0) is 42.0 Å². The van der Waals surface area contributed by atoms with Crippen LogP contribution in [-0.2, 0) is 4.79 Å². The van der Waals surface area contributed by atoms with E-state index in [1.54, 1.807) is 25.1 Å². The minimum absolute atomic E-state index is 0.318. The number of nitrogens with one attached hydrogen (secondary N) is 4. The van der Waals surface area contributed by atoms with E-state index in [2.05, 4.69) is 26.1 Å². The number of hydrogen-bond donors (Lipinski definition) is 4. The molecule has 1 fully saturated rings. The molecule has 0 bridgehead atoms. The molecule has 1 aliphatic rings. The number of pyridine rings is 1. The first-order chi connectivity index (χ1) is 13.4. The van der Waals surface area contributed by atoms with Gasteiger partial charge in [0.25, 0.3) is 6.43 Å². The SMILES string of the molecule is CC1C(C(=O)Nc2cnc3[nH]c(-c4ccc(F)cc4)cc3c2)NNC1C(F)F. The fraction of sp³-hybridized carbons (Fsp3) is 0.263. The van der Waals surface area contributed by atoms with E-state index in [1.807, 2.05) is 6.07 Å². The zero-order valence-electron chi connectivity index (χ0n) is 14.8. The Morgan fingerprint density at radius 2 is 1.93 bits per heavy atom. The molecule has 1 aromatic carbocycles. The summed E-state index contributed by atoms with van der Waals surface area (Å²) < 4.78 is 38.9. The molecule has 0 spiro atoms. The summed E-state index contributed by atoms with van der Waals surface area (Å²) in [6.07, 6.45) is -1.08. The van der Waals surface area contributed by atoms with Gasteiger partial charge in [-0.2, -0.15) is 0 Å². The normalized spacial score (nSPS) is 22.1. The van der Waals surface area contributed by atoms with E-state index in [0.29, 0.717) is 11.3 Å². The van der Waals surface area contributed by atoms with Gasteiger partial charge in [-0.25, -0.2) is 29.0 Å². The highest BCUT2D eigenvalue weighted by atomic mass is 19.3. The molecule has 3 atom stereocenters. The van der Waals surface area contributed by atoms with Crippen molar-refractivity contribution < 1.29 is 18.0 Å². The Bertz CT molecular complexity index is 1000. The molecule has 0 radical (unpaired) electrons. The molecule has 1 aliphatic heterocycles. The Hall–Kier alpha value is -2.91. The first kappa shape index (κ1) is 18.5. The average Bonchev–Trinajstić information content (AvgIpc) is 3.25. The Balaban J connectivity index is 1.52. The molecule has 28 heavy (non-hydrogen) atoms. The van der Waals surface area contributed by atoms with Crippen LogP contribution in [0, 0.1) is 11.7 Å². The van der Waals surface area contributed by atoms with Crippen molar-refractivity contribution in [2.75, 3.05) is 5.32 Å². The number of amides is 1. The highest BCUT2D eigenvalue weighted by Crippen LogP contribution is 2.26. The number of aromatic amines is 1. The molecule has 6 nitrogen and oxygen atoms in total. The molecule has 146 valence electrons. The van der Waals surface area contributed by atoms with Crippen LogP contribution in [0.2, 0.25) is 0 Å². The number of fused-ring (bicyclic) bond motifs is 1. The third-order valence-corrected chi connectivity index (χ3v) is 4.94. The minimum atomic E-state index is -2.57. The summed E-state index contributed by atoms with van der Waals surface area (Å²) in [4.78, 5) is 19.9. The van der Waals surface area contributed by atoms with Crippen LogP contribution in [-0.4, -0.2) is 34.4 Å². The van der Waals surface area contributed by atoms with Crippen LogP contribution >= 0.6 is 0 Å². The van der Waals surface area contributed by atoms with Crippen molar-refractivity contribution in [1.82, 2.24) is 20.8 Å². The first-order valence-electron chi connectivity index (χ1n) is 8.77. The molecule has 4 rings (SSSR count). The quantitative estimate of drug-likeness (QED) is 0.553. The summed E-state index contributed by atoms with van der Waals surface area (Å²) in [5, 5.41) is 3.47. The number of hydrogen-bond acceptors (Lipinski definition) is 4. The summed E-state index contributed by atoms with van der Waals surface area (Å²) >= 11 is 0. The lowest BCUT2D eigenvalue weighted by Crippen LogP contribution is -2.41. The number of carbonyl (C=O) groups is 1. The van der Waals surface area contributed by atoms with E-state index in [4.69, 9.17) is 0 Å². The van der Waals surface area contributed by atoms with Crippen molar-refractivity contribution in [3.05, 3.63) is 48.4 Å². The average molecular weight is 389 g/mol. The second-order valence-corrected chi connectivity index (χ2v) is 6.83. The molecular formula is C19H18F3N5O. The van der Waals surface area contributed by atoms with E-state index in [1.165, 1.54) is 18.3 Å². The summed E-state index contributed by atoms with van der Waals surface area (Å²) in [5.74, 6) is -1.31. The van der Waals surface area contributed by atoms with E-state index < -0.39 is 30.3 Å². The van der Waals surface area contributed by atoms with Gasteiger partial charge in [0.15, 0.2) is 0 Å². The molecule has 3 unspecified atom stereocenters. The number of alkyl halides is 2. The molecule has 2 aromatic heterocycles. The largest absolute Gasteiger partial charge is 0.339 e. The standard InChI is InChI=1S/C19H18F3N5O/c1-9-15(17(21)22)26-27-16(9)19(28)24-13-6-11-7-14(25-18(11)23-8-13)10-2-4-12(20)5-3-10/h2-9,15-17,26-27H,1H3,(H,23,25)(H,24,28). The number of rotatable bonds is 4. The Kier molecular flexibility index (Phi) is 4.78. The smallest absolute Gasteiger partial charge is 0.255 e. The van der Waals surface area contributed by atoms with E-state index >= 15 is 0 Å². The van der Waals surface area contributed by atoms with Gasteiger partial charge in [0.05, 0.1) is 17.9 Å². The van der Waals surface area contributed by atoms with Crippen molar-refractivity contribution in [1.29, 1.82) is 0 Å². The van der Waals surface area contributed by atoms with Gasteiger partial charge in [-0.3, -0.25) is 4.79 Å². The molecule has 1 amide bonds. The van der Waals surface area contributed by atoms with E-state index in [9.17, 15) is 18.0 Å². The number of H-pyrrole nitrogens is 1. The van der Waals surface area contributed by atoms with Gasteiger partial charge >= 0.3 is 0 Å². The summed E-state index contributed by atoms with van der Waals surface area (Å²) in [6.45, 7) is 1.59. The first-order valence-corrected chi connectivity index (χ1v) is 8.77. The van der Waals surface area contributed by atoms with Crippen LogP contribution in [0.1, 0.15) is 6.92 Å². The fourth-order valence-corrected chi connectivity index (χ4v) is 3.34. The van der Waals surface area contributed by atoms with Gasteiger partial charge in [-0.15, -0.1) is 0 Å². The Morgan fingerprint density at radius 3 is 2.61 bits per heavy atom. The van der Waals surface area contributed by atoms with Crippen molar-refractivity contribution in [3.8, 4) is 11.3 Å². The number of halogens is 3. The maximum absolute atomic E-state index is 13.1. The number of benzene rings is 1. The molecule has 3 heterocycles. The number of carbonyl (C=O) groups excluding carboxylic acids is 1. The minimum Gasteiger partial charge on any atom is -0.339 e. The van der Waals surface area contributed by atoms with Gasteiger partial charge in [-0.1, -0.05) is 6.92 Å². The van der Waals surface area contributed by atoms with Gasteiger partial charge in [0.2, 0.25) is 5.91 Å². The third-order valence-electron chi connectivity index (χ3n) is 4.94. The highest BCUT2D eigenvalue weighted by Gasteiger charge is 2.41. The van der Waals surface area contributed by atoms with Crippen molar-refractivity contribution in [3.63, 3.8) is 0 Å². The number of aromatic nitrogens is 2. The maximum atomic E-state index is 13.1. The lowest BCUT2D eigenvalue weighted by Gasteiger charge is -2.17.